The minimum atomic E-state index is -0.406. The second-order valence-electron chi connectivity index (χ2n) is 6.48. The molecule has 0 aliphatic heterocycles. The SMILES string of the molecule is CCOc1cccc2cc(C(C)NC(=NC)NCc3cccc([N+](=O)[O-])c3)oc12. The maximum absolute atomic E-state index is 10.9. The number of benzene rings is 2. The molecular formula is C21H24N4O4. The van der Waals surface area contributed by atoms with E-state index in [4.69, 9.17) is 9.15 Å². The lowest BCUT2D eigenvalue weighted by molar-refractivity contribution is -0.384. The molecule has 0 fully saturated rings. The molecule has 1 aromatic heterocycles. The Kier molecular flexibility index (Phi) is 6.33. The minimum absolute atomic E-state index is 0.0630. The zero-order chi connectivity index (χ0) is 20.8. The number of fused-ring (bicyclic) bond motifs is 1. The lowest BCUT2D eigenvalue weighted by Gasteiger charge is -2.16. The van der Waals surface area contributed by atoms with Crippen molar-refractivity contribution in [1.29, 1.82) is 0 Å². The molecule has 0 saturated heterocycles. The number of guanidine groups is 1. The first kappa shape index (κ1) is 20.2. The van der Waals surface area contributed by atoms with Crippen molar-refractivity contribution in [1.82, 2.24) is 10.6 Å². The zero-order valence-corrected chi connectivity index (χ0v) is 16.6. The highest BCUT2D eigenvalue weighted by Crippen LogP contribution is 2.31. The molecule has 29 heavy (non-hydrogen) atoms. The number of hydrogen-bond donors (Lipinski definition) is 2. The summed E-state index contributed by atoms with van der Waals surface area (Å²) in [5, 5.41) is 18.3. The van der Waals surface area contributed by atoms with Gasteiger partial charge in [0.2, 0.25) is 0 Å². The Bertz CT molecular complexity index is 1030. The maximum atomic E-state index is 10.9. The summed E-state index contributed by atoms with van der Waals surface area (Å²) in [7, 11) is 1.67. The molecule has 0 saturated carbocycles. The van der Waals surface area contributed by atoms with E-state index in [1.165, 1.54) is 12.1 Å². The number of nitro benzene ring substituents is 1. The fourth-order valence-electron chi connectivity index (χ4n) is 2.98. The van der Waals surface area contributed by atoms with Gasteiger partial charge < -0.3 is 19.8 Å². The third-order valence-electron chi connectivity index (χ3n) is 4.41. The first-order valence-corrected chi connectivity index (χ1v) is 9.37. The molecule has 8 nitrogen and oxygen atoms in total. The molecule has 152 valence electrons. The van der Waals surface area contributed by atoms with Crippen molar-refractivity contribution in [3.05, 3.63) is 70.0 Å². The second-order valence-corrected chi connectivity index (χ2v) is 6.48. The molecule has 0 bridgehead atoms. The van der Waals surface area contributed by atoms with Gasteiger partial charge in [-0.15, -0.1) is 0 Å². The summed E-state index contributed by atoms with van der Waals surface area (Å²) in [6, 6.07) is 14.1. The Morgan fingerprint density at radius 3 is 2.79 bits per heavy atom. The van der Waals surface area contributed by atoms with Crippen LogP contribution in [0.2, 0.25) is 0 Å². The van der Waals surface area contributed by atoms with Gasteiger partial charge in [-0.1, -0.05) is 24.3 Å². The number of nitrogens with one attached hydrogen (secondary N) is 2. The Labute approximate surface area is 168 Å². The molecule has 2 N–H and O–H groups in total. The smallest absolute Gasteiger partial charge is 0.269 e. The van der Waals surface area contributed by atoms with Crippen LogP contribution in [-0.2, 0) is 6.54 Å². The van der Waals surface area contributed by atoms with Crippen LogP contribution in [0.3, 0.4) is 0 Å². The van der Waals surface area contributed by atoms with Gasteiger partial charge in [0, 0.05) is 31.1 Å². The predicted octanol–water partition coefficient (Wildman–Crippen LogP) is 4.17. The van der Waals surface area contributed by atoms with Crippen molar-refractivity contribution in [3.63, 3.8) is 0 Å². The molecule has 3 aromatic rings. The van der Waals surface area contributed by atoms with E-state index in [9.17, 15) is 10.1 Å². The minimum Gasteiger partial charge on any atom is -0.490 e. The topological polar surface area (TPSA) is 102 Å². The van der Waals surface area contributed by atoms with Crippen molar-refractivity contribution in [2.75, 3.05) is 13.7 Å². The van der Waals surface area contributed by atoms with Crippen LogP contribution in [0.25, 0.3) is 11.0 Å². The molecule has 2 aromatic carbocycles. The van der Waals surface area contributed by atoms with Crippen LogP contribution in [0.15, 0.2) is 57.9 Å². The molecule has 0 radical (unpaired) electrons. The first-order chi connectivity index (χ1) is 14.0. The average molecular weight is 396 g/mol. The highest BCUT2D eigenvalue weighted by atomic mass is 16.6. The number of para-hydroxylation sites is 1. The molecule has 3 rings (SSSR count). The Morgan fingerprint density at radius 1 is 1.28 bits per heavy atom. The normalized spacial score (nSPS) is 12.6. The largest absolute Gasteiger partial charge is 0.490 e. The van der Waals surface area contributed by atoms with Crippen molar-refractivity contribution in [2.24, 2.45) is 4.99 Å². The number of rotatable bonds is 7. The second kappa shape index (κ2) is 9.09. The highest BCUT2D eigenvalue weighted by Gasteiger charge is 2.15. The fraction of sp³-hybridized carbons (Fsp3) is 0.286. The third-order valence-corrected chi connectivity index (χ3v) is 4.41. The van der Waals surface area contributed by atoms with Crippen molar-refractivity contribution in [3.8, 4) is 5.75 Å². The number of ether oxygens (including phenoxy) is 1. The van der Waals surface area contributed by atoms with Crippen molar-refractivity contribution in [2.45, 2.75) is 26.4 Å². The highest BCUT2D eigenvalue weighted by molar-refractivity contribution is 5.84. The summed E-state index contributed by atoms with van der Waals surface area (Å²) in [6.45, 7) is 4.88. The van der Waals surface area contributed by atoms with E-state index in [-0.39, 0.29) is 11.7 Å². The molecule has 0 spiro atoms. The summed E-state index contributed by atoms with van der Waals surface area (Å²) in [5.74, 6) is 2.04. The van der Waals surface area contributed by atoms with Gasteiger partial charge in [-0.05, 0) is 31.5 Å². The van der Waals surface area contributed by atoms with Crippen LogP contribution in [0, 0.1) is 10.1 Å². The summed E-state index contributed by atoms with van der Waals surface area (Å²) in [6.07, 6.45) is 0. The van der Waals surface area contributed by atoms with Gasteiger partial charge in [0.25, 0.3) is 5.69 Å². The number of non-ortho nitro benzene ring substituents is 1. The predicted molar refractivity (Wildman–Crippen MR) is 112 cm³/mol. The van der Waals surface area contributed by atoms with Crippen LogP contribution in [0.1, 0.15) is 31.2 Å². The van der Waals surface area contributed by atoms with Crippen LogP contribution < -0.4 is 15.4 Å². The van der Waals surface area contributed by atoms with Gasteiger partial charge in [0.15, 0.2) is 17.3 Å². The molecule has 1 unspecified atom stereocenters. The average Bonchev–Trinajstić information content (AvgIpc) is 3.17. The molecule has 0 aliphatic rings. The van der Waals surface area contributed by atoms with Crippen LogP contribution >= 0.6 is 0 Å². The van der Waals surface area contributed by atoms with E-state index < -0.39 is 4.92 Å². The van der Waals surface area contributed by atoms with E-state index >= 15 is 0 Å². The van der Waals surface area contributed by atoms with E-state index in [0.29, 0.717) is 19.1 Å². The number of furan rings is 1. The Morgan fingerprint density at radius 2 is 2.07 bits per heavy atom. The van der Waals surface area contributed by atoms with E-state index in [1.54, 1.807) is 13.1 Å². The Balaban J connectivity index is 1.68. The quantitative estimate of drug-likeness (QED) is 0.269. The number of nitro groups is 1. The summed E-state index contributed by atoms with van der Waals surface area (Å²) in [4.78, 5) is 14.7. The van der Waals surface area contributed by atoms with Crippen molar-refractivity contribution >= 4 is 22.6 Å². The number of nitrogens with zero attached hydrogens (tertiary/aromatic N) is 2. The summed E-state index contributed by atoms with van der Waals surface area (Å²) >= 11 is 0. The van der Waals surface area contributed by atoms with Gasteiger partial charge in [-0.3, -0.25) is 15.1 Å². The zero-order valence-electron chi connectivity index (χ0n) is 16.6. The maximum Gasteiger partial charge on any atom is 0.269 e. The van der Waals surface area contributed by atoms with Gasteiger partial charge in [-0.25, -0.2) is 0 Å². The summed E-state index contributed by atoms with van der Waals surface area (Å²) < 4.78 is 11.6. The molecule has 1 heterocycles. The number of hydrogen-bond acceptors (Lipinski definition) is 5. The number of aliphatic imine (C=N–C) groups is 1. The monoisotopic (exact) mass is 396 g/mol. The lowest BCUT2D eigenvalue weighted by Crippen LogP contribution is -2.38. The lowest BCUT2D eigenvalue weighted by atomic mass is 10.2. The summed E-state index contributed by atoms with van der Waals surface area (Å²) in [5.41, 5.74) is 1.57. The molecule has 8 heteroatoms. The molecule has 0 amide bonds. The van der Waals surface area contributed by atoms with Crippen molar-refractivity contribution < 1.29 is 14.1 Å². The first-order valence-electron chi connectivity index (χ1n) is 9.37. The van der Waals surface area contributed by atoms with Crippen LogP contribution in [-0.4, -0.2) is 24.5 Å². The van der Waals surface area contributed by atoms with Gasteiger partial charge in [0.1, 0.15) is 5.76 Å². The van der Waals surface area contributed by atoms with E-state index in [0.717, 1.165) is 28.0 Å². The fourth-order valence-corrected chi connectivity index (χ4v) is 2.98. The van der Waals surface area contributed by atoms with Crippen LogP contribution in [0.5, 0.6) is 5.75 Å². The van der Waals surface area contributed by atoms with Gasteiger partial charge >= 0.3 is 0 Å². The van der Waals surface area contributed by atoms with E-state index in [1.807, 2.05) is 44.2 Å². The molecule has 0 aliphatic carbocycles. The van der Waals surface area contributed by atoms with Gasteiger partial charge in [0.05, 0.1) is 17.6 Å². The molecular weight excluding hydrogens is 372 g/mol. The standard InChI is InChI=1S/C21H24N4O4/c1-4-28-18-10-6-8-16-12-19(29-20(16)18)14(2)24-21(22-3)23-13-15-7-5-9-17(11-15)25(26)27/h5-12,14H,4,13H2,1-3H3,(H2,22,23,24). The van der Waals surface area contributed by atoms with Crippen LogP contribution in [0.4, 0.5) is 5.69 Å². The van der Waals surface area contributed by atoms with Gasteiger partial charge in [-0.2, -0.15) is 0 Å². The Hall–Kier alpha value is -3.55. The third kappa shape index (κ3) is 4.84. The molecule has 1 atom stereocenters. The van der Waals surface area contributed by atoms with E-state index in [2.05, 4.69) is 15.6 Å².